The van der Waals surface area contributed by atoms with Gasteiger partial charge in [0, 0.05) is 24.3 Å². The van der Waals surface area contributed by atoms with E-state index in [0.717, 1.165) is 29.6 Å². The van der Waals surface area contributed by atoms with Gasteiger partial charge in [-0.3, -0.25) is 0 Å². The Morgan fingerprint density at radius 3 is 2.57 bits per heavy atom. The number of anilines is 1. The highest BCUT2D eigenvalue weighted by Crippen LogP contribution is 2.36. The molecular weight excluding hydrogens is 286 g/mol. The number of rotatable bonds is 3. The average Bonchev–Trinajstić information content (AvgIpc) is 2.36. The number of aliphatic hydroxyl groups excluding tert-OH is 1. The zero-order valence-electron chi connectivity index (χ0n) is 12.5. The van der Waals surface area contributed by atoms with Crippen molar-refractivity contribution in [1.29, 1.82) is 0 Å². The molecule has 0 saturated carbocycles. The first-order chi connectivity index (χ1) is 9.99. The van der Waals surface area contributed by atoms with E-state index in [9.17, 15) is 5.11 Å². The van der Waals surface area contributed by atoms with E-state index in [1.807, 2.05) is 19.2 Å². The van der Waals surface area contributed by atoms with E-state index < -0.39 is 0 Å². The van der Waals surface area contributed by atoms with Crippen LogP contribution >= 0.6 is 11.6 Å². The maximum atomic E-state index is 9.86. The van der Waals surface area contributed by atoms with Crippen LogP contribution in [0.3, 0.4) is 0 Å². The fourth-order valence-electron chi connectivity index (χ4n) is 2.98. The highest BCUT2D eigenvalue weighted by atomic mass is 35.5. The van der Waals surface area contributed by atoms with Gasteiger partial charge in [-0.15, -0.1) is 0 Å². The van der Waals surface area contributed by atoms with Crippen molar-refractivity contribution in [2.45, 2.75) is 45.3 Å². The van der Waals surface area contributed by atoms with Crippen LogP contribution in [0.1, 0.15) is 38.7 Å². The van der Waals surface area contributed by atoms with Gasteiger partial charge in [0.05, 0.1) is 12.1 Å². The minimum atomic E-state index is -0.361. The van der Waals surface area contributed by atoms with Crippen LogP contribution in [0.25, 0.3) is 10.8 Å². The van der Waals surface area contributed by atoms with Crippen LogP contribution in [0.4, 0.5) is 5.82 Å². The topological polar surface area (TPSA) is 49.2 Å². The molecule has 1 aliphatic rings. The largest absolute Gasteiger partial charge is 0.391 e. The Bertz CT molecular complexity index is 672. The zero-order valence-corrected chi connectivity index (χ0v) is 13.3. The minimum absolute atomic E-state index is 0.140. The molecule has 1 fully saturated rings. The smallest absolute Gasteiger partial charge is 0.138 e. The maximum Gasteiger partial charge on any atom is 0.138 e. The minimum Gasteiger partial charge on any atom is -0.391 e. The average molecular weight is 306 g/mol. The predicted octanol–water partition coefficient (Wildman–Crippen LogP) is 3.37. The van der Waals surface area contributed by atoms with Gasteiger partial charge in [0.25, 0.3) is 0 Å². The molecule has 2 atom stereocenters. The Morgan fingerprint density at radius 2 is 2.00 bits per heavy atom. The summed E-state index contributed by atoms with van der Waals surface area (Å²) >= 11 is 6.07. The van der Waals surface area contributed by atoms with E-state index in [4.69, 9.17) is 11.6 Å². The highest BCUT2D eigenvalue weighted by molar-refractivity contribution is 6.30. The quantitative estimate of drug-likeness (QED) is 0.883. The molecule has 0 radical (unpaired) electrons. The van der Waals surface area contributed by atoms with Crippen LogP contribution < -0.4 is 4.90 Å². The van der Waals surface area contributed by atoms with E-state index in [1.165, 1.54) is 5.56 Å². The number of halogens is 1. The molecule has 0 bridgehead atoms. The van der Waals surface area contributed by atoms with Crippen LogP contribution in [0, 0.1) is 0 Å². The summed E-state index contributed by atoms with van der Waals surface area (Å²) in [5.74, 6) is 1.27. The van der Waals surface area contributed by atoms with Gasteiger partial charge in [-0.05, 0) is 36.3 Å². The third-order valence-electron chi connectivity index (χ3n) is 4.27. The van der Waals surface area contributed by atoms with Gasteiger partial charge in [-0.25, -0.2) is 9.97 Å². The van der Waals surface area contributed by atoms with E-state index in [-0.39, 0.29) is 12.1 Å². The van der Waals surface area contributed by atoms with Crippen LogP contribution in [-0.2, 0) is 0 Å². The molecule has 1 unspecified atom stereocenters. The van der Waals surface area contributed by atoms with E-state index in [1.54, 1.807) is 6.20 Å². The normalized spacial score (nSPS) is 19.9. The van der Waals surface area contributed by atoms with Gasteiger partial charge >= 0.3 is 0 Å². The van der Waals surface area contributed by atoms with Crippen LogP contribution in [-0.4, -0.2) is 33.8 Å². The Morgan fingerprint density at radius 1 is 1.24 bits per heavy atom. The Hall–Kier alpha value is -1.39. The molecule has 0 amide bonds. The number of pyridine rings is 2. The summed E-state index contributed by atoms with van der Waals surface area (Å²) in [6, 6.07) is 2.05. The van der Waals surface area contributed by atoms with E-state index >= 15 is 0 Å². The molecule has 4 nitrogen and oxygen atoms in total. The van der Waals surface area contributed by atoms with Gasteiger partial charge in [0.2, 0.25) is 0 Å². The van der Waals surface area contributed by atoms with Crippen LogP contribution in [0.15, 0.2) is 18.5 Å². The third kappa shape index (κ3) is 2.47. The lowest BCUT2D eigenvalue weighted by atomic mass is 9.95. The zero-order chi connectivity index (χ0) is 15.1. The lowest BCUT2D eigenvalue weighted by Crippen LogP contribution is -2.54. The number of nitrogens with zero attached hydrogens (tertiary/aromatic N) is 3. The third-order valence-corrected chi connectivity index (χ3v) is 4.47. The summed E-state index contributed by atoms with van der Waals surface area (Å²) in [6.07, 6.45) is 4.35. The fourth-order valence-corrected chi connectivity index (χ4v) is 3.14. The molecule has 0 spiro atoms. The Labute approximate surface area is 129 Å². The van der Waals surface area contributed by atoms with Gasteiger partial charge in [-0.1, -0.05) is 25.4 Å². The first-order valence-corrected chi connectivity index (χ1v) is 7.75. The summed E-state index contributed by atoms with van der Waals surface area (Å²) in [7, 11) is 0. The van der Waals surface area contributed by atoms with Crippen LogP contribution in [0.2, 0.25) is 5.15 Å². The molecule has 0 aromatic carbocycles. The van der Waals surface area contributed by atoms with Crippen molar-refractivity contribution in [3.8, 4) is 0 Å². The number of hydrogen-bond donors (Lipinski definition) is 1. The Kier molecular flexibility index (Phi) is 3.76. The monoisotopic (exact) mass is 305 g/mol. The summed E-state index contributed by atoms with van der Waals surface area (Å²) in [5.41, 5.74) is 1.17. The summed E-state index contributed by atoms with van der Waals surface area (Å²) in [4.78, 5) is 11.0. The van der Waals surface area contributed by atoms with Crippen molar-refractivity contribution >= 4 is 28.2 Å². The first kappa shape index (κ1) is 14.5. The van der Waals surface area contributed by atoms with Crippen molar-refractivity contribution in [2.75, 3.05) is 11.4 Å². The van der Waals surface area contributed by atoms with Crippen molar-refractivity contribution in [3.05, 3.63) is 29.2 Å². The summed E-state index contributed by atoms with van der Waals surface area (Å²) < 4.78 is 0. The molecule has 112 valence electrons. The maximum absolute atomic E-state index is 9.86. The van der Waals surface area contributed by atoms with Crippen molar-refractivity contribution < 1.29 is 5.11 Å². The van der Waals surface area contributed by atoms with Crippen molar-refractivity contribution in [1.82, 2.24) is 9.97 Å². The molecule has 1 saturated heterocycles. The SMILES string of the molecule is CC(C)c1cnc(N2CC[C@H]2C(C)O)c2cnc(Cl)cc12. The van der Waals surface area contributed by atoms with Crippen molar-refractivity contribution in [3.63, 3.8) is 0 Å². The number of aliphatic hydroxyl groups is 1. The molecule has 3 heterocycles. The first-order valence-electron chi connectivity index (χ1n) is 7.38. The molecule has 2 aromatic rings. The van der Waals surface area contributed by atoms with Gasteiger partial charge in [0.1, 0.15) is 11.0 Å². The molecule has 21 heavy (non-hydrogen) atoms. The number of aromatic nitrogens is 2. The number of hydrogen-bond acceptors (Lipinski definition) is 4. The summed E-state index contributed by atoms with van der Waals surface area (Å²) in [6.45, 7) is 7.04. The second-order valence-electron chi connectivity index (χ2n) is 6.03. The molecule has 1 N–H and O–H groups in total. The fraction of sp³-hybridized carbons (Fsp3) is 0.500. The molecular formula is C16H20ClN3O. The lowest BCUT2D eigenvalue weighted by molar-refractivity contribution is 0.133. The second kappa shape index (κ2) is 5.43. The van der Waals surface area contributed by atoms with E-state index in [0.29, 0.717) is 11.1 Å². The van der Waals surface area contributed by atoms with Gasteiger partial charge in [0.15, 0.2) is 0 Å². The van der Waals surface area contributed by atoms with E-state index in [2.05, 4.69) is 28.7 Å². The standard InChI is InChI=1S/C16H20ClN3O/c1-9(2)12-7-19-16(20-5-4-14(20)10(3)21)13-8-18-15(17)6-11(12)13/h6-10,14,21H,4-5H2,1-3H3/t10?,14-/m0/s1. The van der Waals surface area contributed by atoms with Gasteiger partial charge in [-0.2, -0.15) is 0 Å². The second-order valence-corrected chi connectivity index (χ2v) is 6.42. The van der Waals surface area contributed by atoms with Crippen LogP contribution in [0.5, 0.6) is 0 Å². The van der Waals surface area contributed by atoms with Gasteiger partial charge < -0.3 is 10.0 Å². The predicted molar refractivity (Wildman–Crippen MR) is 86.1 cm³/mol. The lowest BCUT2D eigenvalue weighted by Gasteiger charge is -2.44. The summed E-state index contributed by atoms with van der Waals surface area (Å²) in [5, 5.41) is 12.5. The molecule has 3 rings (SSSR count). The molecule has 2 aromatic heterocycles. The molecule has 0 aliphatic carbocycles. The highest BCUT2D eigenvalue weighted by Gasteiger charge is 2.33. The Balaban J connectivity index is 2.15. The number of fused-ring (bicyclic) bond motifs is 1. The molecule has 1 aliphatic heterocycles. The van der Waals surface area contributed by atoms with Crippen molar-refractivity contribution in [2.24, 2.45) is 0 Å². The molecule has 5 heteroatoms.